The molecule has 1 saturated heterocycles. The standard InChI is InChI=1S/C26H27N3O6S/c1-4-34-25(31)22-16(2)27-26-29(23(22)18-7-5-6-8-19(18)32-3)24(30)20(36-26)15-17-9-10-21(35-17)28-11-13-33-14-12-28/h5-10,15,23H,4,11-14H2,1-3H3/b20-15-/t23-/m0/s1. The number of furan rings is 1. The molecule has 36 heavy (non-hydrogen) atoms. The van der Waals surface area contributed by atoms with E-state index in [1.54, 1.807) is 37.7 Å². The Kier molecular flexibility index (Phi) is 6.80. The molecule has 0 bridgehead atoms. The van der Waals surface area contributed by atoms with Crippen molar-refractivity contribution in [3.63, 3.8) is 0 Å². The van der Waals surface area contributed by atoms with E-state index >= 15 is 0 Å². The van der Waals surface area contributed by atoms with Gasteiger partial charge in [0.15, 0.2) is 10.7 Å². The average molecular weight is 510 g/mol. The molecule has 0 spiro atoms. The number of para-hydroxylation sites is 1. The van der Waals surface area contributed by atoms with E-state index in [0.717, 1.165) is 19.0 Å². The summed E-state index contributed by atoms with van der Waals surface area (Å²) in [5, 5.41) is 0. The van der Waals surface area contributed by atoms with Crippen LogP contribution in [0.15, 0.2) is 61.9 Å². The van der Waals surface area contributed by atoms with E-state index in [9.17, 15) is 9.59 Å². The maximum absolute atomic E-state index is 13.7. The first-order chi connectivity index (χ1) is 17.5. The zero-order valence-corrected chi connectivity index (χ0v) is 21.2. The SMILES string of the molecule is CCOC(=O)C1=C(C)N=c2s/c(=C\c3ccc(N4CCOCC4)o3)c(=O)n2[C@H]1c1ccccc1OC. The molecular weight excluding hydrogens is 482 g/mol. The third-order valence-corrected chi connectivity index (χ3v) is 7.14. The number of hydrogen-bond donors (Lipinski definition) is 0. The predicted octanol–water partition coefficient (Wildman–Crippen LogP) is 2.24. The summed E-state index contributed by atoms with van der Waals surface area (Å²) in [6.45, 7) is 6.53. The number of rotatable bonds is 6. The molecule has 1 fully saturated rings. The van der Waals surface area contributed by atoms with Crippen molar-refractivity contribution in [3.05, 3.63) is 78.7 Å². The van der Waals surface area contributed by atoms with Gasteiger partial charge in [0, 0.05) is 30.8 Å². The van der Waals surface area contributed by atoms with E-state index in [-0.39, 0.29) is 12.2 Å². The number of methoxy groups -OCH3 is 1. The fourth-order valence-corrected chi connectivity index (χ4v) is 5.51. The number of fused-ring (bicyclic) bond motifs is 1. The molecule has 188 valence electrons. The molecule has 0 unspecified atom stereocenters. The molecule has 2 aromatic heterocycles. The van der Waals surface area contributed by atoms with Gasteiger partial charge >= 0.3 is 5.97 Å². The molecule has 0 radical (unpaired) electrons. The zero-order valence-electron chi connectivity index (χ0n) is 20.4. The molecule has 1 aromatic carbocycles. The molecule has 4 heterocycles. The Hall–Kier alpha value is -3.63. The van der Waals surface area contributed by atoms with Crippen LogP contribution in [0, 0.1) is 0 Å². The maximum atomic E-state index is 13.7. The first-order valence-corrected chi connectivity index (χ1v) is 12.6. The second-order valence-electron chi connectivity index (χ2n) is 8.32. The summed E-state index contributed by atoms with van der Waals surface area (Å²) in [5.74, 6) is 1.36. The molecule has 5 rings (SSSR count). The highest BCUT2D eigenvalue weighted by Gasteiger charge is 2.35. The van der Waals surface area contributed by atoms with Crippen LogP contribution in [0.2, 0.25) is 0 Å². The number of carbonyl (C=O) groups excluding carboxylic acids is 1. The van der Waals surface area contributed by atoms with Crippen LogP contribution < -0.4 is 24.5 Å². The smallest absolute Gasteiger partial charge is 0.338 e. The van der Waals surface area contributed by atoms with E-state index in [0.29, 0.717) is 50.9 Å². The lowest BCUT2D eigenvalue weighted by Crippen LogP contribution is -2.40. The van der Waals surface area contributed by atoms with Gasteiger partial charge < -0.3 is 23.5 Å². The Labute approximate surface area is 211 Å². The summed E-state index contributed by atoms with van der Waals surface area (Å²) in [4.78, 5) is 34.0. The van der Waals surface area contributed by atoms with E-state index in [1.807, 2.05) is 30.3 Å². The molecule has 0 saturated carbocycles. The van der Waals surface area contributed by atoms with Gasteiger partial charge in [-0.05, 0) is 26.0 Å². The number of morpholine rings is 1. The van der Waals surface area contributed by atoms with Gasteiger partial charge in [-0.2, -0.15) is 0 Å². The molecule has 1 atom stereocenters. The van der Waals surface area contributed by atoms with Gasteiger partial charge in [0.2, 0.25) is 0 Å². The normalized spacial score (nSPS) is 18.1. The second kappa shape index (κ2) is 10.2. The van der Waals surface area contributed by atoms with Crippen LogP contribution in [-0.4, -0.2) is 50.6 Å². The summed E-state index contributed by atoms with van der Waals surface area (Å²) >= 11 is 1.25. The van der Waals surface area contributed by atoms with Gasteiger partial charge in [-0.15, -0.1) is 0 Å². The van der Waals surface area contributed by atoms with Crippen LogP contribution in [-0.2, 0) is 14.3 Å². The van der Waals surface area contributed by atoms with Gasteiger partial charge in [0.1, 0.15) is 17.6 Å². The Morgan fingerprint density at radius 2 is 2.00 bits per heavy atom. The van der Waals surface area contributed by atoms with Crippen LogP contribution in [0.3, 0.4) is 0 Å². The number of ether oxygens (including phenoxy) is 3. The van der Waals surface area contributed by atoms with Crippen LogP contribution in [0.4, 0.5) is 5.88 Å². The summed E-state index contributed by atoms with van der Waals surface area (Å²) in [5.41, 5.74) is 1.23. The van der Waals surface area contributed by atoms with Crippen LogP contribution in [0.25, 0.3) is 6.08 Å². The van der Waals surface area contributed by atoms with Crippen LogP contribution >= 0.6 is 11.3 Å². The van der Waals surface area contributed by atoms with Crippen molar-refractivity contribution in [2.24, 2.45) is 4.99 Å². The van der Waals surface area contributed by atoms with Crippen molar-refractivity contribution in [3.8, 4) is 5.75 Å². The summed E-state index contributed by atoms with van der Waals surface area (Å²) < 4.78 is 24.4. The molecule has 3 aromatic rings. The molecule has 0 aliphatic carbocycles. The van der Waals surface area contributed by atoms with Gasteiger partial charge in [-0.1, -0.05) is 29.5 Å². The average Bonchev–Trinajstić information content (AvgIpc) is 3.48. The fourth-order valence-electron chi connectivity index (χ4n) is 4.48. The molecule has 10 heteroatoms. The van der Waals surface area contributed by atoms with E-state index in [1.165, 1.54) is 11.3 Å². The summed E-state index contributed by atoms with van der Waals surface area (Å²) in [7, 11) is 1.56. The number of benzene rings is 1. The number of aromatic nitrogens is 1. The van der Waals surface area contributed by atoms with E-state index in [2.05, 4.69) is 9.89 Å². The third kappa shape index (κ3) is 4.38. The monoisotopic (exact) mass is 509 g/mol. The number of carbonyl (C=O) groups is 1. The molecular formula is C26H27N3O6S. The number of esters is 1. The minimum absolute atomic E-state index is 0.211. The van der Waals surface area contributed by atoms with Gasteiger partial charge in [0.05, 0.1) is 42.7 Å². The molecule has 2 aliphatic heterocycles. The predicted molar refractivity (Wildman–Crippen MR) is 135 cm³/mol. The van der Waals surface area contributed by atoms with Crippen molar-refractivity contribution in [1.29, 1.82) is 0 Å². The van der Waals surface area contributed by atoms with Crippen LogP contribution in [0.1, 0.15) is 31.2 Å². The molecule has 9 nitrogen and oxygen atoms in total. The molecule has 0 N–H and O–H groups in total. The van der Waals surface area contributed by atoms with Crippen molar-refractivity contribution in [2.75, 3.05) is 44.9 Å². The maximum Gasteiger partial charge on any atom is 0.338 e. The lowest BCUT2D eigenvalue weighted by Gasteiger charge is -2.26. The van der Waals surface area contributed by atoms with Gasteiger partial charge in [-0.3, -0.25) is 9.36 Å². The first kappa shape index (κ1) is 24.1. The Bertz CT molecular complexity index is 1490. The molecule has 2 aliphatic rings. The minimum atomic E-state index is -0.737. The topological polar surface area (TPSA) is 95.5 Å². The third-order valence-electron chi connectivity index (χ3n) is 6.16. The number of anilines is 1. The Balaban J connectivity index is 1.63. The number of allylic oxidation sites excluding steroid dienone is 1. The van der Waals surface area contributed by atoms with Crippen LogP contribution in [0.5, 0.6) is 5.75 Å². The summed E-state index contributed by atoms with van der Waals surface area (Å²) in [6.07, 6.45) is 1.72. The number of hydrogen-bond acceptors (Lipinski definition) is 9. The molecule has 0 amide bonds. The lowest BCUT2D eigenvalue weighted by molar-refractivity contribution is -0.139. The Morgan fingerprint density at radius 3 is 2.75 bits per heavy atom. The summed E-state index contributed by atoms with van der Waals surface area (Å²) in [6, 6.07) is 10.3. The number of thiazole rings is 1. The van der Waals surface area contributed by atoms with Crippen molar-refractivity contribution >= 4 is 29.3 Å². The van der Waals surface area contributed by atoms with Crippen molar-refractivity contribution < 1.29 is 23.4 Å². The zero-order chi connectivity index (χ0) is 25.2. The quantitative estimate of drug-likeness (QED) is 0.471. The first-order valence-electron chi connectivity index (χ1n) is 11.8. The highest BCUT2D eigenvalue weighted by Crippen LogP contribution is 2.35. The lowest BCUT2D eigenvalue weighted by atomic mass is 9.95. The number of nitrogens with zero attached hydrogens (tertiary/aromatic N) is 3. The fraction of sp³-hybridized carbons (Fsp3) is 0.346. The van der Waals surface area contributed by atoms with Gasteiger partial charge in [-0.25, -0.2) is 9.79 Å². The minimum Gasteiger partial charge on any atom is -0.496 e. The van der Waals surface area contributed by atoms with Gasteiger partial charge in [0.25, 0.3) is 5.56 Å². The highest BCUT2D eigenvalue weighted by molar-refractivity contribution is 7.07. The largest absolute Gasteiger partial charge is 0.496 e. The van der Waals surface area contributed by atoms with E-state index in [4.69, 9.17) is 18.6 Å². The van der Waals surface area contributed by atoms with E-state index < -0.39 is 12.0 Å². The Morgan fingerprint density at radius 1 is 1.22 bits per heavy atom. The van der Waals surface area contributed by atoms with Crippen molar-refractivity contribution in [1.82, 2.24) is 4.57 Å². The second-order valence-corrected chi connectivity index (χ2v) is 9.33. The van der Waals surface area contributed by atoms with Crippen molar-refractivity contribution in [2.45, 2.75) is 19.9 Å². The highest BCUT2D eigenvalue weighted by atomic mass is 32.1.